The third kappa shape index (κ3) is 4.40. The Morgan fingerprint density at radius 2 is 2.32 bits per heavy atom. The number of nitrogens with zero attached hydrogens (tertiary/aromatic N) is 3. The normalized spacial score (nSPS) is 19.0. The minimum atomic E-state index is -3.52. The number of sulfonamides is 1. The quantitative estimate of drug-likeness (QED) is 0.573. The molecule has 0 aliphatic carbocycles. The zero-order valence-corrected chi connectivity index (χ0v) is 16.8. The lowest BCUT2D eigenvalue weighted by molar-refractivity contribution is -0.120. The highest BCUT2D eigenvalue weighted by atomic mass is 32.2. The van der Waals surface area contributed by atoms with E-state index in [0.29, 0.717) is 28.7 Å². The number of rotatable bonds is 6. The van der Waals surface area contributed by atoms with Gasteiger partial charge in [0.25, 0.3) is 10.0 Å². The van der Waals surface area contributed by atoms with E-state index in [2.05, 4.69) is 15.5 Å². The molecule has 1 saturated heterocycles. The summed E-state index contributed by atoms with van der Waals surface area (Å²) in [5.74, 6) is 0.311. The summed E-state index contributed by atoms with van der Waals surface area (Å²) in [6.45, 7) is 2.66. The number of hydrogen-bond acceptors (Lipinski definition) is 8. The molecule has 1 fully saturated rings. The van der Waals surface area contributed by atoms with Gasteiger partial charge in [0.2, 0.25) is 11.0 Å². The van der Waals surface area contributed by atoms with Crippen molar-refractivity contribution >= 4 is 55.5 Å². The van der Waals surface area contributed by atoms with Crippen LogP contribution in [0.25, 0.3) is 0 Å². The van der Waals surface area contributed by atoms with Gasteiger partial charge in [0.1, 0.15) is 4.21 Å². The fraction of sp³-hybridized carbons (Fsp3) is 0.500. The first kappa shape index (κ1) is 18.8. The van der Waals surface area contributed by atoms with E-state index in [1.54, 1.807) is 29.3 Å². The van der Waals surface area contributed by atoms with Crippen LogP contribution in [0.5, 0.6) is 0 Å². The Bertz CT molecular complexity index is 819. The van der Waals surface area contributed by atoms with E-state index in [1.807, 2.05) is 6.92 Å². The molecule has 0 aromatic carbocycles. The Balaban J connectivity index is 1.65. The first-order chi connectivity index (χ1) is 12.0. The van der Waals surface area contributed by atoms with Crippen LogP contribution < -0.4 is 5.32 Å². The van der Waals surface area contributed by atoms with E-state index in [9.17, 15) is 13.2 Å². The molecule has 1 aliphatic heterocycles. The van der Waals surface area contributed by atoms with Crippen LogP contribution in [0.3, 0.4) is 0 Å². The molecule has 1 atom stereocenters. The first-order valence-corrected chi connectivity index (χ1v) is 11.9. The zero-order chi connectivity index (χ0) is 17.9. The molecule has 3 rings (SSSR count). The van der Waals surface area contributed by atoms with Crippen LogP contribution in [0.15, 0.2) is 26.1 Å². The van der Waals surface area contributed by atoms with Crippen molar-refractivity contribution < 1.29 is 13.2 Å². The number of amides is 1. The van der Waals surface area contributed by atoms with Crippen LogP contribution in [0.1, 0.15) is 19.8 Å². The summed E-state index contributed by atoms with van der Waals surface area (Å²) in [7, 11) is -3.52. The Labute approximate surface area is 158 Å². The molecule has 2 aromatic rings. The minimum Gasteiger partial charge on any atom is -0.300 e. The monoisotopic (exact) mass is 418 g/mol. The molecule has 3 heterocycles. The molecule has 25 heavy (non-hydrogen) atoms. The van der Waals surface area contributed by atoms with Gasteiger partial charge in [-0.15, -0.1) is 21.5 Å². The molecule has 0 saturated carbocycles. The molecule has 0 bridgehead atoms. The van der Waals surface area contributed by atoms with E-state index < -0.39 is 10.0 Å². The van der Waals surface area contributed by atoms with Crippen LogP contribution in [-0.2, 0) is 14.8 Å². The average molecular weight is 419 g/mol. The molecule has 0 unspecified atom stereocenters. The van der Waals surface area contributed by atoms with E-state index in [4.69, 9.17) is 0 Å². The lowest BCUT2D eigenvalue weighted by Gasteiger charge is -2.30. The fourth-order valence-corrected chi connectivity index (χ4v) is 6.88. The van der Waals surface area contributed by atoms with Crippen molar-refractivity contribution in [2.45, 2.75) is 28.3 Å². The second-order valence-electron chi connectivity index (χ2n) is 5.43. The maximum Gasteiger partial charge on any atom is 0.252 e. The number of thioether (sulfide) groups is 1. The summed E-state index contributed by atoms with van der Waals surface area (Å²) in [5.41, 5.74) is 0. The number of carbonyl (C=O) groups excluding carboxylic acids is 1. The maximum atomic E-state index is 12.6. The van der Waals surface area contributed by atoms with Crippen molar-refractivity contribution in [1.82, 2.24) is 14.5 Å². The van der Waals surface area contributed by atoms with Crippen LogP contribution in [0.2, 0.25) is 0 Å². The Morgan fingerprint density at radius 3 is 3.04 bits per heavy atom. The van der Waals surface area contributed by atoms with Crippen molar-refractivity contribution in [2.24, 2.45) is 5.92 Å². The van der Waals surface area contributed by atoms with Crippen molar-refractivity contribution in [3.05, 3.63) is 17.5 Å². The lowest BCUT2D eigenvalue weighted by atomic mass is 9.99. The summed E-state index contributed by atoms with van der Waals surface area (Å²) in [4.78, 5) is 12.5. The highest BCUT2D eigenvalue weighted by Crippen LogP contribution is 2.28. The molecule has 0 spiro atoms. The molecule has 1 N–H and O–H groups in total. The van der Waals surface area contributed by atoms with Gasteiger partial charge in [-0.05, 0) is 30.0 Å². The molecular weight excluding hydrogens is 400 g/mol. The number of piperidine rings is 1. The van der Waals surface area contributed by atoms with Gasteiger partial charge in [0.05, 0.1) is 5.92 Å². The number of hydrogen-bond donors (Lipinski definition) is 1. The predicted molar refractivity (Wildman–Crippen MR) is 101 cm³/mol. The van der Waals surface area contributed by atoms with Crippen molar-refractivity contribution in [2.75, 3.05) is 24.2 Å². The van der Waals surface area contributed by atoms with E-state index in [-0.39, 0.29) is 18.4 Å². The summed E-state index contributed by atoms with van der Waals surface area (Å²) in [6, 6.07) is 3.31. The topological polar surface area (TPSA) is 92.3 Å². The summed E-state index contributed by atoms with van der Waals surface area (Å²) in [5, 5.41) is 12.9. The summed E-state index contributed by atoms with van der Waals surface area (Å²) < 4.78 is 27.8. The first-order valence-electron chi connectivity index (χ1n) is 7.81. The Kier molecular flexibility index (Phi) is 6.10. The largest absolute Gasteiger partial charge is 0.300 e. The molecule has 7 nitrogen and oxygen atoms in total. The number of thiophene rings is 1. The van der Waals surface area contributed by atoms with Crippen molar-refractivity contribution in [3.8, 4) is 0 Å². The van der Waals surface area contributed by atoms with Crippen molar-refractivity contribution in [1.29, 1.82) is 0 Å². The van der Waals surface area contributed by atoms with Gasteiger partial charge in [0, 0.05) is 13.1 Å². The second kappa shape index (κ2) is 8.12. The number of carbonyl (C=O) groups is 1. The highest BCUT2D eigenvalue weighted by molar-refractivity contribution is 8.01. The molecule has 1 amide bonds. The van der Waals surface area contributed by atoms with Crippen molar-refractivity contribution in [3.63, 3.8) is 0 Å². The van der Waals surface area contributed by atoms with Crippen LogP contribution in [-0.4, -0.2) is 47.7 Å². The molecule has 11 heteroatoms. The molecule has 0 radical (unpaired) electrons. The Hall–Kier alpha value is -1.01. The third-order valence-corrected chi connectivity index (χ3v) is 8.84. The van der Waals surface area contributed by atoms with E-state index >= 15 is 0 Å². The maximum absolute atomic E-state index is 12.6. The summed E-state index contributed by atoms with van der Waals surface area (Å²) >= 11 is 4.10. The predicted octanol–water partition coefficient (Wildman–Crippen LogP) is 2.75. The van der Waals surface area contributed by atoms with Crippen LogP contribution in [0.4, 0.5) is 5.13 Å². The lowest BCUT2D eigenvalue weighted by Crippen LogP contribution is -2.43. The number of anilines is 1. The van der Waals surface area contributed by atoms with E-state index in [0.717, 1.165) is 10.1 Å². The number of nitrogens with one attached hydrogen (secondary N) is 1. The van der Waals surface area contributed by atoms with Gasteiger partial charge >= 0.3 is 0 Å². The fourth-order valence-electron chi connectivity index (χ4n) is 2.56. The average Bonchev–Trinajstić information content (AvgIpc) is 3.28. The molecule has 2 aromatic heterocycles. The smallest absolute Gasteiger partial charge is 0.252 e. The van der Waals surface area contributed by atoms with Gasteiger partial charge in [0.15, 0.2) is 4.34 Å². The van der Waals surface area contributed by atoms with Gasteiger partial charge in [-0.25, -0.2) is 8.42 Å². The van der Waals surface area contributed by atoms with Gasteiger partial charge in [-0.1, -0.05) is 36.1 Å². The zero-order valence-electron chi connectivity index (χ0n) is 13.5. The Morgan fingerprint density at radius 1 is 1.48 bits per heavy atom. The van der Waals surface area contributed by atoms with Gasteiger partial charge in [-0.3, -0.25) is 4.79 Å². The third-order valence-electron chi connectivity index (χ3n) is 3.75. The van der Waals surface area contributed by atoms with Gasteiger partial charge in [-0.2, -0.15) is 4.31 Å². The molecule has 1 aliphatic rings. The number of aromatic nitrogens is 2. The second-order valence-corrected chi connectivity index (χ2v) is 11.0. The summed E-state index contributed by atoms with van der Waals surface area (Å²) in [6.07, 6.45) is 1.33. The minimum absolute atomic E-state index is 0.196. The van der Waals surface area contributed by atoms with Gasteiger partial charge < -0.3 is 5.32 Å². The molecule has 136 valence electrons. The highest BCUT2D eigenvalue weighted by Gasteiger charge is 2.34. The standard InChI is InChI=1S/C14H18N4O3S4/c1-2-22-14-17-16-13(24-14)15-12(19)10-5-3-7-18(9-10)25(20,21)11-6-4-8-23-11/h4,6,8,10H,2-3,5,7,9H2,1H3,(H,15,16,19)/t10-/m1/s1. The molecular formula is C14H18N4O3S4. The van der Waals surface area contributed by atoms with Crippen LogP contribution >= 0.6 is 34.4 Å². The van der Waals surface area contributed by atoms with E-state index in [1.165, 1.54) is 27.0 Å². The SMILES string of the molecule is CCSc1nnc(NC(=O)[C@@H]2CCCN(S(=O)(=O)c3cccs3)C2)s1. The van der Waals surface area contributed by atoms with Crippen LogP contribution in [0, 0.1) is 5.92 Å².